The normalized spacial score (nSPS) is 22.7. The molecule has 1 saturated heterocycles. The molecule has 1 atom stereocenters. The molecule has 1 fully saturated rings. The highest BCUT2D eigenvalue weighted by Crippen LogP contribution is 2.01. The van der Waals surface area contributed by atoms with Crippen LogP contribution >= 0.6 is 0 Å². The first kappa shape index (κ1) is 21.3. The SMILES string of the molecule is CCN1CCN(CC)CCN(CC(C)O)CCN(CC(=O)O)CC1. The highest BCUT2D eigenvalue weighted by Gasteiger charge is 2.17. The molecule has 142 valence electrons. The largest absolute Gasteiger partial charge is 0.480 e. The summed E-state index contributed by atoms with van der Waals surface area (Å²) < 4.78 is 0. The summed E-state index contributed by atoms with van der Waals surface area (Å²) >= 11 is 0. The maximum absolute atomic E-state index is 11.1. The number of aliphatic hydroxyl groups excluding tert-OH is 1. The van der Waals surface area contributed by atoms with Crippen LogP contribution in [0.15, 0.2) is 0 Å². The van der Waals surface area contributed by atoms with Crippen molar-refractivity contribution in [3.63, 3.8) is 0 Å². The van der Waals surface area contributed by atoms with Gasteiger partial charge in [0.05, 0.1) is 12.6 Å². The predicted molar refractivity (Wildman–Crippen MR) is 96.4 cm³/mol. The molecule has 0 saturated carbocycles. The summed E-state index contributed by atoms with van der Waals surface area (Å²) in [6, 6.07) is 0. The van der Waals surface area contributed by atoms with E-state index in [1.165, 1.54) is 0 Å². The fraction of sp³-hybridized carbons (Fsp3) is 0.941. The zero-order valence-electron chi connectivity index (χ0n) is 15.7. The Balaban J connectivity index is 2.73. The standard InChI is InChI=1S/C17H36N4O3/c1-4-18-6-7-19(5-2)9-11-21(15-17(23)24)13-12-20(10-8-18)14-16(3)22/h16,22H,4-15H2,1-3H3,(H,23,24). The number of rotatable bonds is 6. The van der Waals surface area contributed by atoms with Crippen molar-refractivity contribution in [3.8, 4) is 0 Å². The molecule has 7 heteroatoms. The molecule has 1 aliphatic heterocycles. The number of carbonyl (C=O) groups is 1. The number of nitrogens with zero attached hydrogens (tertiary/aromatic N) is 4. The van der Waals surface area contributed by atoms with Gasteiger partial charge in [-0.1, -0.05) is 13.8 Å². The van der Waals surface area contributed by atoms with Gasteiger partial charge >= 0.3 is 5.97 Å². The van der Waals surface area contributed by atoms with E-state index in [1.54, 1.807) is 0 Å². The number of β-amino-alcohol motifs (C(OH)–C–C–N with tert-alkyl or cyclic N) is 1. The van der Waals surface area contributed by atoms with Gasteiger partial charge in [-0.05, 0) is 20.0 Å². The zero-order chi connectivity index (χ0) is 17.9. The second-order valence-corrected chi connectivity index (χ2v) is 6.69. The van der Waals surface area contributed by atoms with Crippen molar-refractivity contribution < 1.29 is 15.0 Å². The van der Waals surface area contributed by atoms with Crippen molar-refractivity contribution in [1.29, 1.82) is 0 Å². The third-order valence-electron chi connectivity index (χ3n) is 4.71. The van der Waals surface area contributed by atoms with Crippen molar-refractivity contribution in [2.75, 3.05) is 78.5 Å². The van der Waals surface area contributed by atoms with Gasteiger partial charge in [0, 0.05) is 58.9 Å². The van der Waals surface area contributed by atoms with Crippen molar-refractivity contribution in [1.82, 2.24) is 19.6 Å². The Morgan fingerprint density at radius 3 is 1.54 bits per heavy atom. The smallest absolute Gasteiger partial charge is 0.317 e. The number of carboxylic acids is 1. The molecule has 1 unspecified atom stereocenters. The van der Waals surface area contributed by atoms with E-state index in [0.29, 0.717) is 6.54 Å². The second kappa shape index (κ2) is 11.8. The first-order valence-corrected chi connectivity index (χ1v) is 9.23. The molecule has 0 bridgehead atoms. The molecule has 1 rings (SSSR count). The van der Waals surface area contributed by atoms with Crippen LogP contribution < -0.4 is 0 Å². The number of hydrogen-bond donors (Lipinski definition) is 2. The Morgan fingerprint density at radius 1 is 0.833 bits per heavy atom. The minimum atomic E-state index is -0.774. The number of likely N-dealkylation sites (N-methyl/N-ethyl adjacent to an activating group) is 2. The van der Waals surface area contributed by atoms with Crippen LogP contribution in [0.3, 0.4) is 0 Å². The van der Waals surface area contributed by atoms with Crippen LogP contribution in [0.2, 0.25) is 0 Å². The van der Waals surface area contributed by atoms with E-state index in [-0.39, 0.29) is 12.6 Å². The van der Waals surface area contributed by atoms with Gasteiger partial charge in [-0.3, -0.25) is 14.6 Å². The Morgan fingerprint density at radius 2 is 1.21 bits per heavy atom. The summed E-state index contributed by atoms with van der Waals surface area (Å²) in [6.45, 7) is 16.0. The zero-order valence-corrected chi connectivity index (χ0v) is 15.7. The number of carboxylic acid groups (broad SMARTS) is 1. The summed E-state index contributed by atoms with van der Waals surface area (Å²) in [4.78, 5) is 20.2. The summed E-state index contributed by atoms with van der Waals surface area (Å²) in [6.07, 6.45) is -0.364. The molecule has 0 radical (unpaired) electrons. The fourth-order valence-corrected chi connectivity index (χ4v) is 3.12. The number of hydrogen-bond acceptors (Lipinski definition) is 6. The molecule has 0 amide bonds. The molecule has 0 aromatic carbocycles. The first-order chi connectivity index (χ1) is 11.4. The van der Waals surface area contributed by atoms with Gasteiger partial charge in [0.15, 0.2) is 0 Å². The lowest BCUT2D eigenvalue weighted by atomic mass is 10.3. The monoisotopic (exact) mass is 344 g/mol. The third kappa shape index (κ3) is 8.94. The maximum atomic E-state index is 11.1. The molecule has 0 spiro atoms. The maximum Gasteiger partial charge on any atom is 0.317 e. The van der Waals surface area contributed by atoms with E-state index in [1.807, 2.05) is 11.8 Å². The first-order valence-electron chi connectivity index (χ1n) is 9.23. The van der Waals surface area contributed by atoms with Gasteiger partial charge in [-0.25, -0.2) is 0 Å². The average Bonchev–Trinajstić information content (AvgIpc) is 2.52. The van der Waals surface area contributed by atoms with E-state index in [0.717, 1.165) is 65.4 Å². The number of aliphatic hydroxyl groups is 1. The van der Waals surface area contributed by atoms with Crippen LogP contribution in [0.25, 0.3) is 0 Å². The summed E-state index contributed by atoms with van der Waals surface area (Å²) in [5.41, 5.74) is 0. The number of aliphatic carboxylic acids is 1. The van der Waals surface area contributed by atoms with Gasteiger partial charge in [-0.15, -0.1) is 0 Å². The Labute approximate surface area is 146 Å². The topological polar surface area (TPSA) is 70.5 Å². The molecule has 24 heavy (non-hydrogen) atoms. The summed E-state index contributed by atoms with van der Waals surface area (Å²) in [5, 5.41) is 18.9. The lowest BCUT2D eigenvalue weighted by Crippen LogP contribution is -2.47. The van der Waals surface area contributed by atoms with Crippen LogP contribution in [0.5, 0.6) is 0 Å². The third-order valence-corrected chi connectivity index (χ3v) is 4.71. The summed E-state index contributed by atoms with van der Waals surface area (Å²) in [5.74, 6) is -0.774. The van der Waals surface area contributed by atoms with E-state index in [2.05, 4.69) is 28.5 Å². The van der Waals surface area contributed by atoms with Gasteiger partial charge in [0.25, 0.3) is 0 Å². The molecule has 0 aliphatic carbocycles. The van der Waals surface area contributed by atoms with Crippen LogP contribution in [-0.4, -0.2) is 120 Å². The Hall–Kier alpha value is -0.730. The lowest BCUT2D eigenvalue weighted by Gasteiger charge is -2.33. The van der Waals surface area contributed by atoms with E-state index < -0.39 is 5.97 Å². The van der Waals surface area contributed by atoms with Crippen molar-refractivity contribution in [3.05, 3.63) is 0 Å². The van der Waals surface area contributed by atoms with Crippen molar-refractivity contribution in [2.24, 2.45) is 0 Å². The molecule has 1 heterocycles. The van der Waals surface area contributed by atoms with Crippen LogP contribution in [0.1, 0.15) is 20.8 Å². The fourth-order valence-electron chi connectivity index (χ4n) is 3.12. The Kier molecular flexibility index (Phi) is 10.4. The molecule has 0 aromatic heterocycles. The Bertz CT molecular complexity index is 355. The van der Waals surface area contributed by atoms with Crippen molar-refractivity contribution in [2.45, 2.75) is 26.9 Å². The highest BCUT2D eigenvalue weighted by molar-refractivity contribution is 5.69. The van der Waals surface area contributed by atoms with Crippen molar-refractivity contribution >= 4 is 5.97 Å². The minimum Gasteiger partial charge on any atom is -0.480 e. The van der Waals surface area contributed by atoms with Gasteiger partial charge in [0.1, 0.15) is 0 Å². The predicted octanol–water partition coefficient (Wildman–Crippen LogP) is -0.287. The quantitative estimate of drug-likeness (QED) is 0.686. The second-order valence-electron chi connectivity index (χ2n) is 6.69. The lowest BCUT2D eigenvalue weighted by molar-refractivity contribution is -0.138. The van der Waals surface area contributed by atoms with E-state index >= 15 is 0 Å². The molecule has 7 nitrogen and oxygen atoms in total. The molecular formula is C17H36N4O3. The minimum absolute atomic E-state index is 0.0845. The van der Waals surface area contributed by atoms with Crippen LogP contribution in [0, 0.1) is 0 Å². The van der Waals surface area contributed by atoms with Gasteiger partial charge in [-0.2, -0.15) is 0 Å². The van der Waals surface area contributed by atoms with E-state index in [4.69, 9.17) is 5.11 Å². The summed E-state index contributed by atoms with van der Waals surface area (Å²) in [7, 11) is 0. The molecule has 2 N–H and O–H groups in total. The van der Waals surface area contributed by atoms with Crippen LogP contribution in [-0.2, 0) is 4.79 Å². The van der Waals surface area contributed by atoms with Gasteiger partial charge < -0.3 is 20.0 Å². The molecule has 0 aromatic rings. The van der Waals surface area contributed by atoms with E-state index in [9.17, 15) is 9.90 Å². The average molecular weight is 345 g/mol. The van der Waals surface area contributed by atoms with Gasteiger partial charge in [0.2, 0.25) is 0 Å². The molecule has 1 aliphatic rings. The van der Waals surface area contributed by atoms with Crippen LogP contribution in [0.4, 0.5) is 0 Å². The highest BCUT2D eigenvalue weighted by atomic mass is 16.4. The molecular weight excluding hydrogens is 308 g/mol.